The molecule has 1 aliphatic rings. The molecule has 1 atom stereocenters. The number of hydrogen-bond donors (Lipinski definition) is 3. The van der Waals surface area contributed by atoms with Crippen molar-refractivity contribution < 1.29 is 0 Å². The van der Waals surface area contributed by atoms with Gasteiger partial charge in [-0.3, -0.25) is 4.90 Å². The Bertz CT molecular complexity index is 237. The molecule has 0 amide bonds. The molecule has 0 aromatic rings. The fourth-order valence-corrected chi connectivity index (χ4v) is 2.33. The van der Waals surface area contributed by atoms with E-state index in [0.29, 0.717) is 12.5 Å². The van der Waals surface area contributed by atoms with Gasteiger partial charge in [-0.25, -0.2) is 0 Å². The molecule has 1 aliphatic heterocycles. The van der Waals surface area contributed by atoms with Crippen molar-refractivity contribution in [2.75, 3.05) is 52.4 Å². The third-order valence-corrected chi connectivity index (χ3v) is 3.57. The average molecular weight is 267 g/mol. The Kier molecular flexibility index (Phi) is 9.64. The molecule has 110 valence electrons. The summed E-state index contributed by atoms with van der Waals surface area (Å²) in [5.41, 5.74) is 0. The maximum absolute atomic E-state index is 8.83. The van der Waals surface area contributed by atoms with E-state index in [0.717, 1.165) is 58.8 Å². The van der Waals surface area contributed by atoms with Crippen LogP contribution in [-0.2, 0) is 0 Å². The average Bonchev–Trinajstić information content (AvgIpc) is 2.41. The van der Waals surface area contributed by atoms with Gasteiger partial charge in [-0.2, -0.15) is 5.26 Å². The molecule has 1 rings (SSSR count). The molecule has 0 aromatic carbocycles. The molecule has 3 N–H and O–H groups in total. The molecular formula is C14H29N5. The molecule has 0 aliphatic carbocycles. The fourth-order valence-electron chi connectivity index (χ4n) is 2.33. The van der Waals surface area contributed by atoms with E-state index in [4.69, 9.17) is 5.26 Å². The Morgan fingerprint density at radius 2 is 1.58 bits per heavy atom. The van der Waals surface area contributed by atoms with Gasteiger partial charge in [0.25, 0.3) is 0 Å². The Morgan fingerprint density at radius 1 is 0.947 bits per heavy atom. The fraction of sp³-hybridized carbons (Fsp3) is 0.929. The van der Waals surface area contributed by atoms with Gasteiger partial charge >= 0.3 is 0 Å². The lowest BCUT2D eigenvalue weighted by Gasteiger charge is -2.28. The first-order valence-corrected chi connectivity index (χ1v) is 7.57. The monoisotopic (exact) mass is 267 g/mol. The van der Waals surface area contributed by atoms with Crippen LogP contribution in [0, 0.1) is 11.3 Å². The second-order valence-corrected chi connectivity index (χ2v) is 5.20. The van der Waals surface area contributed by atoms with Gasteiger partial charge in [0.05, 0.1) is 12.5 Å². The number of nitrogens with zero attached hydrogens (tertiary/aromatic N) is 2. The van der Waals surface area contributed by atoms with Crippen molar-refractivity contribution >= 4 is 0 Å². The first-order chi connectivity index (χ1) is 9.34. The van der Waals surface area contributed by atoms with Crippen molar-refractivity contribution in [3.05, 3.63) is 0 Å². The molecule has 1 heterocycles. The molecule has 0 radical (unpaired) electrons. The maximum atomic E-state index is 8.83. The summed E-state index contributed by atoms with van der Waals surface area (Å²) in [6, 6.07) is 2.65. The topological polar surface area (TPSA) is 63.1 Å². The Labute approximate surface area is 117 Å². The molecule has 1 saturated heterocycles. The largest absolute Gasteiger partial charge is 0.315 e. The molecule has 0 bridgehead atoms. The third-order valence-electron chi connectivity index (χ3n) is 3.57. The number of nitrogens with one attached hydrogen (secondary N) is 3. The number of rotatable bonds is 2. The minimum atomic E-state index is 0.362. The summed E-state index contributed by atoms with van der Waals surface area (Å²) in [5, 5.41) is 19.2. The minimum absolute atomic E-state index is 0.362. The van der Waals surface area contributed by atoms with Gasteiger partial charge in [-0.1, -0.05) is 0 Å². The first kappa shape index (κ1) is 16.4. The van der Waals surface area contributed by atoms with Crippen molar-refractivity contribution in [2.45, 2.75) is 32.2 Å². The summed E-state index contributed by atoms with van der Waals surface area (Å²) in [7, 11) is 0. The lowest BCUT2D eigenvalue weighted by atomic mass is 10.2. The molecule has 5 nitrogen and oxygen atoms in total. The second kappa shape index (κ2) is 11.2. The summed E-state index contributed by atoms with van der Waals surface area (Å²) < 4.78 is 0. The smallest absolute Gasteiger partial charge is 0.0638 e. The maximum Gasteiger partial charge on any atom is 0.0638 e. The Morgan fingerprint density at radius 3 is 2.26 bits per heavy atom. The van der Waals surface area contributed by atoms with Crippen LogP contribution in [0.2, 0.25) is 0 Å². The van der Waals surface area contributed by atoms with Gasteiger partial charge < -0.3 is 16.0 Å². The summed E-state index contributed by atoms with van der Waals surface area (Å²) in [6.07, 6.45) is 2.95. The summed E-state index contributed by atoms with van der Waals surface area (Å²) in [4.78, 5) is 2.43. The van der Waals surface area contributed by atoms with Crippen LogP contribution < -0.4 is 16.0 Å². The van der Waals surface area contributed by atoms with Gasteiger partial charge in [0.1, 0.15) is 0 Å². The Hall–Kier alpha value is -0.670. The van der Waals surface area contributed by atoms with Crippen LogP contribution in [0.4, 0.5) is 0 Å². The predicted octanol–water partition coefficient (Wildman–Crippen LogP) is 0.153. The quantitative estimate of drug-likeness (QED) is 0.665. The number of nitriles is 1. The van der Waals surface area contributed by atoms with E-state index in [2.05, 4.69) is 33.8 Å². The molecule has 0 spiro atoms. The SMILES string of the molecule is CC(CC#N)N1CCCNCCNCCCNCC1. The van der Waals surface area contributed by atoms with E-state index in [1.165, 1.54) is 6.42 Å². The summed E-state index contributed by atoms with van der Waals surface area (Å²) in [6.45, 7) is 10.6. The standard InChI is InChI=1S/C14H29N5/c1-14(4-5-15)19-12-3-8-17-10-9-16-6-2-7-18-11-13-19/h14,16-18H,2-4,6-13H2,1H3. The van der Waals surface area contributed by atoms with E-state index < -0.39 is 0 Å². The van der Waals surface area contributed by atoms with Crippen LogP contribution in [0.5, 0.6) is 0 Å². The summed E-state index contributed by atoms with van der Waals surface area (Å²) >= 11 is 0. The molecule has 0 saturated carbocycles. The first-order valence-electron chi connectivity index (χ1n) is 7.57. The lowest BCUT2D eigenvalue weighted by Crippen LogP contribution is -2.41. The van der Waals surface area contributed by atoms with Gasteiger partial charge in [0, 0.05) is 32.2 Å². The Balaban J connectivity index is 2.34. The van der Waals surface area contributed by atoms with E-state index in [-0.39, 0.29) is 0 Å². The van der Waals surface area contributed by atoms with Crippen LogP contribution in [0.25, 0.3) is 0 Å². The highest BCUT2D eigenvalue weighted by atomic mass is 15.2. The zero-order valence-electron chi connectivity index (χ0n) is 12.2. The van der Waals surface area contributed by atoms with E-state index in [1.54, 1.807) is 0 Å². The third kappa shape index (κ3) is 8.17. The van der Waals surface area contributed by atoms with Gasteiger partial charge in [-0.15, -0.1) is 0 Å². The predicted molar refractivity (Wildman–Crippen MR) is 79.1 cm³/mol. The number of hydrogen-bond acceptors (Lipinski definition) is 5. The molecular weight excluding hydrogens is 238 g/mol. The van der Waals surface area contributed by atoms with Crippen molar-refractivity contribution in [3.63, 3.8) is 0 Å². The van der Waals surface area contributed by atoms with Crippen LogP contribution >= 0.6 is 0 Å². The van der Waals surface area contributed by atoms with Crippen LogP contribution in [0.15, 0.2) is 0 Å². The highest BCUT2D eigenvalue weighted by Gasteiger charge is 2.12. The highest BCUT2D eigenvalue weighted by molar-refractivity contribution is 4.80. The minimum Gasteiger partial charge on any atom is -0.315 e. The van der Waals surface area contributed by atoms with Crippen molar-refractivity contribution in [2.24, 2.45) is 0 Å². The molecule has 0 aromatic heterocycles. The van der Waals surface area contributed by atoms with E-state index in [9.17, 15) is 0 Å². The van der Waals surface area contributed by atoms with E-state index >= 15 is 0 Å². The zero-order chi connectivity index (χ0) is 13.8. The van der Waals surface area contributed by atoms with Crippen molar-refractivity contribution in [1.82, 2.24) is 20.9 Å². The van der Waals surface area contributed by atoms with Crippen LogP contribution in [-0.4, -0.2) is 63.3 Å². The molecule has 19 heavy (non-hydrogen) atoms. The van der Waals surface area contributed by atoms with Gasteiger partial charge in [0.2, 0.25) is 0 Å². The lowest BCUT2D eigenvalue weighted by molar-refractivity contribution is 0.208. The second-order valence-electron chi connectivity index (χ2n) is 5.20. The van der Waals surface area contributed by atoms with E-state index in [1.807, 2.05) is 0 Å². The van der Waals surface area contributed by atoms with Crippen LogP contribution in [0.3, 0.4) is 0 Å². The normalized spacial score (nSPS) is 23.2. The molecule has 5 heteroatoms. The highest BCUT2D eigenvalue weighted by Crippen LogP contribution is 2.03. The van der Waals surface area contributed by atoms with Crippen molar-refractivity contribution in [3.8, 4) is 6.07 Å². The van der Waals surface area contributed by atoms with Crippen molar-refractivity contribution in [1.29, 1.82) is 5.26 Å². The van der Waals surface area contributed by atoms with Crippen LogP contribution in [0.1, 0.15) is 26.2 Å². The molecule has 1 unspecified atom stereocenters. The summed E-state index contributed by atoms with van der Waals surface area (Å²) in [5.74, 6) is 0. The van der Waals surface area contributed by atoms with Gasteiger partial charge in [-0.05, 0) is 45.9 Å². The zero-order valence-corrected chi connectivity index (χ0v) is 12.2. The molecule has 1 fully saturated rings. The van der Waals surface area contributed by atoms with Gasteiger partial charge in [0.15, 0.2) is 0 Å².